The highest BCUT2D eigenvalue weighted by molar-refractivity contribution is 6.09. The molecule has 0 aromatic heterocycles. The summed E-state index contributed by atoms with van der Waals surface area (Å²) in [4.78, 5) is 23.6. The van der Waals surface area contributed by atoms with E-state index < -0.39 is 11.9 Å². The van der Waals surface area contributed by atoms with Crippen LogP contribution < -0.4 is 14.8 Å². The van der Waals surface area contributed by atoms with Crippen LogP contribution in [0.1, 0.15) is 21.5 Å². The average Bonchev–Trinajstić information content (AvgIpc) is 2.82. The first-order valence-corrected chi connectivity index (χ1v) is 9.61. The van der Waals surface area contributed by atoms with Gasteiger partial charge in [0.2, 0.25) is 0 Å². The smallest absolute Gasteiger partial charge is 0.335 e. The van der Waals surface area contributed by atoms with Gasteiger partial charge in [0.15, 0.2) is 0 Å². The number of nitrogens with one attached hydrogen (secondary N) is 1. The van der Waals surface area contributed by atoms with Gasteiger partial charge in [-0.3, -0.25) is 4.79 Å². The number of amides is 1. The van der Waals surface area contributed by atoms with Gasteiger partial charge in [-0.05, 0) is 42.0 Å². The minimum absolute atomic E-state index is 0.0883. The molecule has 2 N–H and O–H groups in total. The Labute approximate surface area is 185 Å². The Morgan fingerprint density at radius 2 is 1.81 bits per heavy atom. The maximum atomic E-state index is 12.6. The molecule has 0 saturated heterocycles. The fraction of sp³-hybridized carbons (Fsp3) is 0.0800. The maximum Gasteiger partial charge on any atom is 0.335 e. The molecule has 7 nitrogen and oxygen atoms in total. The zero-order valence-electron chi connectivity index (χ0n) is 17.2. The molecule has 0 aliphatic carbocycles. The van der Waals surface area contributed by atoms with Crippen molar-refractivity contribution >= 4 is 23.6 Å². The van der Waals surface area contributed by atoms with Crippen LogP contribution >= 0.6 is 0 Å². The number of hydrogen-bond acceptors (Lipinski definition) is 5. The predicted octanol–water partition coefficient (Wildman–Crippen LogP) is 4.52. The van der Waals surface area contributed by atoms with E-state index in [1.807, 2.05) is 6.07 Å². The number of carboxylic acids is 1. The van der Waals surface area contributed by atoms with Crippen molar-refractivity contribution in [2.24, 2.45) is 0 Å². The number of aromatic carboxylic acids is 1. The molecular formula is C25H20N2O5. The zero-order chi connectivity index (χ0) is 22.9. The first-order valence-electron chi connectivity index (χ1n) is 9.61. The number of methoxy groups -OCH3 is 1. The third-order valence-corrected chi connectivity index (χ3v) is 4.51. The number of carboxylic acid groups (broad SMARTS) is 1. The van der Waals surface area contributed by atoms with Crippen LogP contribution in [0.15, 0.2) is 78.4 Å². The van der Waals surface area contributed by atoms with Gasteiger partial charge in [0.25, 0.3) is 5.91 Å². The van der Waals surface area contributed by atoms with E-state index in [9.17, 15) is 14.9 Å². The highest BCUT2D eigenvalue weighted by Crippen LogP contribution is 2.23. The molecule has 0 bridgehead atoms. The third kappa shape index (κ3) is 5.74. The number of hydrogen-bond donors (Lipinski definition) is 2. The fourth-order valence-corrected chi connectivity index (χ4v) is 2.84. The quantitative estimate of drug-likeness (QED) is 0.403. The Morgan fingerprint density at radius 3 is 2.50 bits per heavy atom. The van der Waals surface area contributed by atoms with Gasteiger partial charge in [0.05, 0.1) is 12.7 Å². The van der Waals surface area contributed by atoms with Crippen LogP contribution in [0.25, 0.3) is 6.08 Å². The summed E-state index contributed by atoms with van der Waals surface area (Å²) in [7, 11) is 1.53. The van der Waals surface area contributed by atoms with Crippen molar-refractivity contribution in [1.82, 2.24) is 0 Å². The molecule has 3 aromatic rings. The summed E-state index contributed by atoms with van der Waals surface area (Å²) in [5, 5.41) is 21.2. The summed E-state index contributed by atoms with van der Waals surface area (Å²) >= 11 is 0. The molecule has 0 aliphatic rings. The molecule has 3 rings (SSSR count). The Hall–Kier alpha value is -4.57. The van der Waals surface area contributed by atoms with Crippen molar-refractivity contribution in [3.63, 3.8) is 0 Å². The van der Waals surface area contributed by atoms with E-state index in [0.29, 0.717) is 22.7 Å². The van der Waals surface area contributed by atoms with Gasteiger partial charge in [-0.2, -0.15) is 5.26 Å². The number of carbonyl (C=O) groups excluding carboxylic acids is 1. The van der Waals surface area contributed by atoms with Crippen LogP contribution in [0.4, 0.5) is 5.69 Å². The molecule has 160 valence electrons. The van der Waals surface area contributed by atoms with Crippen molar-refractivity contribution < 1.29 is 24.2 Å². The second-order valence-electron chi connectivity index (χ2n) is 6.68. The molecule has 0 fully saturated rings. The van der Waals surface area contributed by atoms with Gasteiger partial charge in [-0.15, -0.1) is 0 Å². The Bertz CT molecular complexity index is 1190. The van der Waals surface area contributed by atoms with Crippen LogP contribution in [0.3, 0.4) is 0 Å². The van der Waals surface area contributed by atoms with Crippen LogP contribution in [-0.4, -0.2) is 24.1 Å². The monoisotopic (exact) mass is 428 g/mol. The molecule has 7 heteroatoms. The summed E-state index contributed by atoms with van der Waals surface area (Å²) in [5.74, 6) is -0.485. The number of benzene rings is 3. The molecule has 3 aromatic carbocycles. The predicted molar refractivity (Wildman–Crippen MR) is 119 cm³/mol. The first kappa shape index (κ1) is 22.1. The second kappa shape index (κ2) is 10.5. The van der Waals surface area contributed by atoms with E-state index in [-0.39, 0.29) is 17.7 Å². The zero-order valence-corrected chi connectivity index (χ0v) is 17.2. The number of carbonyl (C=O) groups is 2. The van der Waals surface area contributed by atoms with E-state index in [1.165, 1.54) is 25.3 Å². The van der Waals surface area contributed by atoms with Crippen molar-refractivity contribution in [2.75, 3.05) is 12.4 Å². The normalized spacial score (nSPS) is 10.7. The van der Waals surface area contributed by atoms with Gasteiger partial charge in [0.1, 0.15) is 29.7 Å². The minimum Gasteiger partial charge on any atom is -0.497 e. The largest absolute Gasteiger partial charge is 0.497 e. The summed E-state index contributed by atoms with van der Waals surface area (Å²) in [6.45, 7) is 0.197. The number of nitriles is 1. The van der Waals surface area contributed by atoms with E-state index in [0.717, 1.165) is 5.56 Å². The van der Waals surface area contributed by atoms with Gasteiger partial charge >= 0.3 is 5.97 Å². The Morgan fingerprint density at radius 1 is 1.06 bits per heavy atom. The van der Waals surface area contributed by atoms with Crippen LogP contribution in [-0.2, 0) is 11.4 Å². The standard InChI is InChI=1S/C25H20N2O5/c1-31-22-7-4-6-21(14-22)27-24(28)20(15-26)13-19-5-2-3-8-23(19)32-16-17-9-11-18(12-10-17)25(29)30/h2-14H,16H2,1H3,(H,27,28)(H,29,30)/b20-13-. The molecular weight excluding hydrogens is 408 g/mol. The highest BCUT2D eigenvalue weighted by Gasteiger charge is 2.12. The SMILES string of the molecule is COc1cccc(NC(=O)/C(C#N)=C\c2ccccc2OCc2ccc(C(=O)O)cc2)c1. The number of ether oxygens (including phenoxy) is 2. The van der Waals surface area contributed by atoms with Gasteiger partial charge in [-0.1, -0.05) is 36.4 Å². The molecule has 0 radical (unpaired) electrons. The van der Waals surface area contributed by atoms with E-state index >= 15 is 0 Å². The summed E-state index contributed by atoms with van der Waals surface area (Å²) in [5.41, 5.74) is 1.95. The lowest BCUT2D eigenvalue weighted by atomic mass is 10.1. The molecule has 32 heavy (non-hydrogen) atoms. The summed E-state index contributed by atoms with van der Waals surface area (Å²) in [6, 6.07) is 22.1. The van der Waals surface area contributed by atoms with Crippen molar-refractivity contribution in [3.05, 3.63) is 95.1 Å². The Kier molecular flexibility index (Phi) is 7.23. The highest BCUT2D eigenvalue weighted by atomic mass is 16.5. The van der Waals surface area contributed by atoms with Crippen LogP contribution in [0, 0.1) is 11.3 Å². The van der Waals surface area contributed by atoms with Crippen molar-refractivity contribution in [3.8, 4) is 17.6 Å². The minimum atomic E-state index is -0.996. The molecule has 0 heterocycles. The Balaban J connectivity index is 1.75. The van der Waals surface area contributed by atoms with E-state index in [4.69, 9.17) is 14.6 Å². The van der Waals surface area contributed by atoms with Crippen molar-refractivity contribution in [2.45, 2.75) is 6.61 Å². The topological polar surface area (TPSA) is 109 Å². The molecule has 0 spiro atoms. The average molecular weight is 428 g/mol. The number of rotatable bonds is 8. The lowest BCUT2D eigenvalue weighted by Crippen LogP contribution is -2.13. The second-order valence-corrected chi connectivity index (χ2v) is 6.68. The van der Waals surface area contributed by atoms with E-state index in [2.05, 4.69) is 5.32 Å². The molecule has 0 aliphatic heterocycles. The molecule has 0 atom stereocenters. The molecule has 0 unspecified atom stereocenters. The summed E-state index contributed by atoms with van der Waals surface area (Å²) < 4.78 is 11.0. The molecule has 1 amide bonds. The third-order valence-electron chi connectivity index (χ3n) is 4.51. The molecule has 0 saturated carbocycles. The lowest BCUT2D eigenvalue weighted by molar-refractivity contribution is -0.112. The summed E-state index contributed by atoms with van der Waals surface area (Å²) in [6.07, 6.45) is 1.46. The number of para-hydroxylation sites is 1. The van der Waals surface area contributed by atoms with E-state index in [1.54, 1.807) is 60.7 Å². The lowest BCUT2D eigenvalue weighted by Gasteiger charge is -2.10. The van der Waals surface area contributed by atoms with Gasteiger partial charge in [0, 0.05) is 17.3 Å². The van der Waals surface area contributed by atoms with Gasteiger partial charge < -0.3 is 19.9 Å². The maximum absolute atomic E-state index is 12.6. The first-order chi connectivity index (χ1) is 15.5. The number of nitrogens with zero attached hydrogens (tertiary/aromatic N) is 1. The van der Waals surface area contributed by atoms with Crippen LogP contribution in [0.2, 0.25) is 0 Å². The van der Waals surface area contributed by atoms with Crippen LogP contribution in [0.5, 0.6) is 11.5 Å². The van der Waals surface area contributed by atoms with Gasteiger partial charge in [-0.25, -0.2) is 4.79 Å². The number of anilines is 1. The van der Waals surface area contributed by atoms with Crippen molar-refractivity contribution in [1.29, 1.82) is 5.26 Å². The fourth-order valence-electron chi connectivity index (χ4n) is 2.84.